The average molecular weight is 462 g/mol. The lowest BCUT2D eigenvalue weighted by molar-refractivity contribution is -0.131. The molecule has 6 nitrogen and oxygen atoms in total. The van der Waals surface area contributed by atoms with E-state index in [0.717, 1.165) is 29.2 Å². The number of aliphatic carboxylic acids is 1. The van der Waals surface area contributed by atoms with E-state index in [9.17, 15) is 13.2 Å². The molecule has 3 unspecified atom stereocenters. The van der Waals surface area contributed by atoms with Gasteiger partial charge in [0.15, 0.2) is 0 Å². The molecule has 0 spiro atoms. The van der Waals surface area contributed by atoms with Crippen LogP contribution in [-0.2, 0) is 14.8 Å². The van der Waals surface area contributed by atoms with Gasteiger partial charge in [-0.2, -0.15) is 0 Å². The Bertz CT molecular complexity index is 1320. The number of carboxylic acids is 1. The van der Waals surface area contributed by atoms with Crippen molar-refractivity contribution in [1.82, 2.24) is 4.72 Å². The number of carboxylic acid groups (broad SMARTS) is 1. The number of carbonyl (C=O) groups is 1. The molecular weight excluding hydrogens is 438 g/mol. The van der Waals surface area contributed by atoms with Crippen LogP contribution in [0.1, 0.15) is 29.9 Å². The van der Waals surface area contributed by atoms with E-state index in [0.29, 0.717) is 17.7 Å². The van der Waals surface area contributed by atoms with Crippen molar-refractivity contribution in [2.75, 3.05) is 0 Å². The number of fused-ring (bicyclic) bond motifs is 3. The zero-order valence-corrected chi connectivity index (χ0v) is 18.5. The maximum atomic E-state index is 13.2. The van der Waals surface area contributed by atoms with Crippen LogP contribution in [0.25, 0.3) is 17.2 Å². The smallest absolute Gasteiger partial charge is 0.328 e. The van der Waals surface area contributed by atoms with Gasteiger partial charge in [0.2, 0.25) is 10.0 Å². The highest BCUT2D eigenvalue weighted by Crippen LogP contribution is 2.49. The monoisotopic (exact) mass is 461 g/mol. The summed E-state index contributed by atoms with van der Waals surface area (Å²) in [5.74, 6) is -0.507. The Kier molecular flexibility index (Phi) is 5.52. The van der Waals surface area contributed by atoms with Gasteiger partial charge in [0.25, 0.3) is 0 Å². The molecule has 168 valence electrons. The molecule has 3 aromatic rings. The van der Waals surface area contributed by atoms with Crippen LogP contribution in [0.3, 0.4) is 0 Å². The summed E-state index contributed by atoms with van der Waals surface area (Å²) in [4.78, 5) is 11.1. The molecule has 2 aliphatic rings. The molecule has 1 fully saturated rings. The molecule has 33 heavy (non-hydrogen) atoms. The summed E-state index contributed by atoms with van der Waals surface area (Å²) >= 11 is 0. The number of nitrogens with one attached hydrogen (secondary N) is 1. The molecule has 1 aliphatic heterocycles. The van der Waals surface area contributed by atoms with Gasteiger partial charge in [-0.05, 0) is 42.2 Å². The van der Waals surface area contributed by atoms with E-state index in [4.69, 9.17) is 9.84 Å². The van der Waals surface area contributed by atoms with Crippen molar-refractivity contribution in [3.8, 4) is 16.9 Å². The number of ether oxygens (including phenoxy) is 1. The third-order valence-electron chi connectivity index (χ3n) is 6.28. The molecule has 0 aromatic heterocycles. The number of rotatable bonds is 6. The first kappa shape index (κ1) is 21.4. The summed E-state index contributed by atoms with van der Waals surface area (Å²) in [5, 5.41) is 8.94. The van der Waals surface area contributed by atoms with Crippen molar-refractivity contribution < 1.29 is 23.1 Å². The molecule has 1 saturated carbocycles. The molecule has 0 bridgehead atoms. The summed E-state index contributed by atoms with van der Waals surface area (Å²) in [7, 11) is -3.71. The Hall–Kier alpha value is -3.42. The van der Waals surface area contributed by atoms with Gasteiger partial charge in [0.05, 0.1) is 4.90 Å². The van der Waals surface area contributed by atoms with Gasteiger partial charge in [0.1, 0.15) is 11.9 Å². The standard InChI is InChI=1S/C26H23NO5S/c28-24(29)16-11-19-7-4-8-21-25-22(14-15-23(25)32-26(19)21)27-33(30,31)20-12-9-18(10-13-20)17-5-2-1-3-6-17/h1-13,16,22-23,25,27H,14-15H2,(H,28,29). The number of para-hydroxylation sites is 1. The minimum absolute atomic E-state index is 0.114. The zero-order valence-electron chi connectivity index (χ0n) is 17.7. The summed E-state index contributed by atoms with van der Waals surface area (Å²) in [6.45, 7) is 0. The van der Waals surface area contributed by atoms with E-state index < -0.39 is 16.0 Å². The van der Waals surface area contributed by atoms with Crippen molar-refractivity contribution in [3.63, 3.8) is 0 Å². The van der Waals surface area contributed by atoms with Gasteiger partial charge < -0.3 is 9.84 Å². The SMILES string of the molecule is O=C(O)C=Cc1cccc2c1OC1CCC(NS(=O)(=O)c3ccc(-c4ccccc4)cc3)C21. The van der Waals surface area contributed by atoms with Gasteiger partial charge in [-0.3, -0.25) is 0 Å². The third-order valence-corrected chi connectivity index (χ3v) is 7.79. The second kappa shape index (κ2) is 8.50. The second-order valence-corrected chi connectivity index (χ2v) is 10.0. The van der Waals surface area contributed by atoms with Crippen LogP contribution in [0, 0.1) is 0 Å². The fourth-order valence-corrected chi connectivity index (χ4v) is 6.08. The molecular formula is C26H23NO5S. The van der Waals surface area contributed by atoms with E-state index in [2.05, 4.69) is 4.72 Å². The van der Waals surface area contributed by atoms with Crippen LogP contribution in [0.4, 0.5) is 0 Å². The Morgan fingerprint density at radius 2 is 1.67 bits per heavy atom. The molecule has 1 aliphatic carbocycles. The summed E-state index contributed by atoms with van der Waals surface area (Å²) in [6.07, 6.45) is 3.85. The minimum atomic E-state index is -3.71. The average Bonchev–Trinajstić information content (AvgIpc) is 3.38. The quantitative estimate of drug-likeness (QED) is 0.530. The summed E-state index contributed by atoms with van der Waals surface area (Å²) < 4.78 is 35.3. The van der Waals surface area contributed by atoms with Gasteiger partial charge in [-0.1, -0.05) is 60.7 Å². The maximum absolute atomic E-state index is 13.2. The molecule has 3 aromatic carbocycles. The van der Waals surface area contributed by atoms with Gasteiger partial charge >= 0.3 is 5.97 Å². The molecule has 0 amide bonds. The lowest BCUT2D eigenvalue weighted by atomic mass is 9.93. The van der Waals surface area contributed by atoms with Gasteiger partial charge in [-0.15, -0.1) is 0 Å². The second-order valence-electron chi connectivity index (χ2n) is 8.31. The van der Waals surface area contributed by atoms with Gasteiger partial charge in [0, 0.05) is 29.2 Å². The first-order valence-electron chi connectivity index (χ1n) is 10.8. The number of hydrogen-bond acceptors (Lipinski definition) is 4. The third kappa shape index (κ3) is 4.17. The predicted octanol–water partition coefficient (Wildman–Crippen LogP) is 4.44. The van der Waals surface area contributed by atoms with E-state index in [1.807, 2.05) is 54.6 Å². The van der Waals surface area contributed by atoms with Crippen LogP contribution in [0.15, 0.2) is 83.8 Å². The summed E-state index contributed by atoms with van der Waals surface area (Å²) in [5.41, 5.74) is 3.58. The number of sulfonamides is 1. The molecule has 3 atom stereocenters. The Morgan fingerprint density at radius 3 is 2.39 bits per heavy atom. The molecule has 0 saturated heterocycles. The van der Waals surface area contributed by atoms with Gasteiger partial charge in [-0.25, -0.2) is 17.9 Å². The molecule has 1 heterocycles. The van der Waals surface area contributed by atoms with Crippen molar-refractivity contribution in [1.29, 1.82) is 0 Å². The Balaban J connectivity index is 1.38. The molecule has 7 heteroatoms. The van der Waals surface area contributed by atoms with E-state index in [1.165, 1.54) is 6.08 Å². The van der Waals surface area contributed by atoms with Crippen LogP contribution in [0.2, 0.25) is 0 Å². The highest BCUT2D eigenvalue weighted by molar-refractivity contribution is 7.89. The highest BCUT2D eigenvalue weighted by atomic mass is 32.2. The molecule has 2 N–H and O–H groups in total. The van der Waals surface area contributed by atoms with Crippen LogP contribution >= 0.6 is 0 Å². The van der Waals surface area contributed by atoms with Crippen molar-refractivity contribution in [2.24, 2.45) is 0 Å². The fraction of sp³-hybridized carbons (Fsp3) is 0.192. The maximum Gasteiger partial charge on any atom is 0.328 e. The first-order chi connectivity index (χ1) is 15.9. The first-order valence-corrected chi connectivity index (χ1v) is 12.3. The normalized spacial score (nSPS) is 21.5. The predicted molar refractivity (Wildman–Crippen MR) is 125 cm³/mol. The molecule has 5 rings (SSSR count). The lowest BCUT2D eigenvalue weighted by Crippen LogP contribution is -2.37. The van der Waals surface area contributed by atoms with Crippen molar-refractivity contribution in [3.05, 3.63) is 90.0 Å². The lowest BCUT2D eigenvalue weighted by Gasteiger charge is -2.20. The number of benzene rings is 3. The zero-order chi connectivity index (χ0) is 23.0. The Morgan fingerprint density at radius 1 is 0.939 bits per heavy atom. The molecule has 0 radical (unpaired) electrons. The van der Waals surface area contributed by atoms with E-state index in [1.54, 1.807) is 18.2 Å². The topological polar surface area (TPSA) is 92.7 Å². The van der Waals surface area contributed by atoms with E-state index in [-0.39, 0.29) is 23.0 Å². The highest BCUT2D eigenvalue weighted by Gasteiger charge is 2.46. The minimum Gasteiger partial charge on any atom is -0.489 e. The van der Waals surface area contributed by atoms with Crippen molar-refractivity contribution >= 4 is 22.1 Å². The van der Waals surface area contributed by atoms with E-state index >= 15 is 0 Å². The largest absolute Gasteiger partial charge is 0.489 e. The summed E-state index contributed by atoms with van der Waals surface area (Å²) in [6, 6.07) is 22.0. The number of hydrogen-bond donors (Lipinski definition) is 2. The van der Waals surface area contributed by atoms with Crippen LogP contribution < -0.4 is 9.46 Å². The van der Waals surface area contributed by atoms with Crippen LogP contribution in [0.5, 0.6) is 5.75 Å². The van der Waals surface area contributed by atoms with Crippen molar-refractivity contribution in [2.45, 2.75) is 35.8 Å². The fourth-order valence-electron chi connectivity index (χ4n) is 4.78. The van der Waals surface area contributed by atoms with Crippen LogP contribution in [-0.4, -0.2) is 31.6 Å². The Labute approximate surface area is 192 Å².